The highest BCUT2D eigenvalue weighted by molar-refractivity contribution is 6.00. The zero-order chi connectivity index (χ0) is 24.1. The minimum atomic E-state index is -0.547. The molecule has 0 atom stereocenters. The summed E-state index contributed by atoms with van der Waals surface area (Å²) in [4.78, 5) is 50.4. The fraction of sp³-hybridized carbons (Fsp3) is 0.120. The van der Waals surface area contributed by atoms with Gasteiger partial charge >= 0.3 is 11.7 Å². The van der Waals surface area contributed by atoms with Gasteiger partial charge in [0.2, 0.25) is 5.91 Å². The lowest BCUT2D eigenvalue weighted by atomic mass is 10.2. The molecule has 0 spiro atoms. The summed E-state index contributed by atoms with van der Waals surface area (Å²) in [5.41, 5.74) is 1.04. The number of nitrogens with zero attached hydrogens (tertiary/aromatic N) is 2. The van der Waals surface area contributed by atoms with Gasteiger partial charge in [0.25, 0.3) is 5.56 Å². The van der Waals surface area contributed by atoms with Crippen molar-refractivity contribution in [3.8, 4) is 0 Å². The Morgan fingerprint density at radius 1 is 0.735 bits per heavy atom. The van der Waals surface area contributed by atoms with Crippen LogP contribution < -0.4 is 27.2 Å². The number of benzene rings is 3. The van der Waals surface area contributed by atoms with E-state index in [-0.39, 0.29) is 18.6 Å². The van der Waals surface area contributed by atoms with E-state index in [0.717, 1.165) is 4.57 Å². The molecule has 0 bridgehead atoms. The van der Waals surface area contributed by atoms with E-state index in [9.17, 15) is 19.2 Å². The number of urea groups is 1. The van der Waals surface area contributed by atoms with E-state index in [4.69, 9.17) is 0 Å². The number of amides is 3. The summed E-state index contributed by atoms with van der Waals surface area (Å²) in [6.45, 7) is 1.63. The second-order valence-corrected chi connectivity index (χ2v) is 7.51. The smallest absolute Gasteiger partial charge is 0.324 e. The summed E-state index contributed by atoms with van der Waals surface area (Å²) < 4.78 is 2.39. The van der Waals surface area contributed by atoms with Crippen LogP contribution >= 0.6 is 0 Å². The molecule has 0 saturated carbocycles. The van der Waals surface area contributed by atoms with E-state index in [1.54, 1.807) is 67.6 Å². The highest BCUT2D eigenvalue weighted by atomic mass is 16.2. The Morgan fingerprint density at radius 2 is 1.35 bits per heavy atom. The molecular weight excluding hydrogens is 434 g/mol. The number of nitrogens with one attached hydrogen (secondary N) is 3. The Kier molecular flexibility index (Phi) is 6.54. The maximum absolute atomic E-state index is 12.8. The summed E-state index contributed by atoms with van der Waals surface area (Å²) in [7, 11) is 0. The van der Waals surface area contributed by atoms with Gasteiger partial charge in [-0.2, -0.15) is 0 Å². The van der Waals surface area contributed by atoms with Crippen molar-refractivity contribution in [3.05, 3.63) is 99.7 Å². The molecule has 3 N–H and O–H groups in total. The molecule has 34 heavy (non-hydrogen) atoms. The van der Waals surface area contributed by atoms with Gasteiger partial charge in [0.15, 0.2) is 0 Å². The Morgan fingerprint density at radius 3 is 2.09 bits per heavy atom. The third kappa shape index (κ3) is 4.88. The van der Waals surface area contributed by atoms with E-state index in [0.29, 0.717) is 28.0 Å². The van der Waals surface area contributed by atoms with E-state index >= 15 is 0 Å². The predicted molar refractivity (Wildman–Crippen MR) is 132 cm³/mol. The maximum Gasteiger partial charge on any atom is 0.331 e. The van der Waals surface area contributed by atoms with Crippen LogP contribution in [0.4, 0.5) is 21.9 Å². The topological polar surface area (TPSA) is 114 Å². The average molecular weight is 457 g/mol. The lowest BCUT2D eigenvalue weighted by Crippen LogP contribution is -2.41. The molecule has 0 aliphatic carbocycles. The summed E-state index contributed by atoms with van der Waals surface area (Å²) >= 11 is 0. The maximum atomic E-state index is 12.8. The molecule has 0 fully saturated rings. The monoisotopic (exact) mass is 457 g/mol. The lowest BCUT2D eigenvalue weighted by Gasteiger charge is -2.14. The highest BCUT2D eigenvalue weighted by Gasteiger charge is 2.14. The Balaban J connectivity index is 1.50. The van der Waals surface area contributed by atoms with Gasteiger partial charge in [0.05, 0.1) is 10.9 Å². The molecule has 3 aromatic carbocycles. The van der Waals surface area contributed by atoms with Crippen LogP contribution in [0.5, 0.6) is 0 Å². The van der Waals surface area contributed by atoms with Crippen LogP contribution in [0.2, 0.25) is 0 Å². The van der Waals surface area contributed by atoms with Gasteiger partial charge in [-0.05, 0) is 49.4 Å². The molecule has 172 valence electrons. The molecule has 0 aliphatic heterocycles. The molecule has 0 aliphatic rings. The van der Waals surface area contributed by atoms with Gasteiger partial charge in [-0.15, -0.1) is 0 Å². The van der Waals surface area contributed by atoms with Gasteiger partial charge < -0.3 is 16.0 Å². The van der Waals surface area contributed by atoms with E-state index in [1.807, 2.05) is 18.2 Å². The lowest BCUT2D eigenvalue weighted by molar-refractivity contribution is -0.116. The van der Waals surface area contributed by atoms with Crippen LogP contribution in [0.1, 0.15) is 6.92 Å². The van der Waals surface area contributed by atoms with Crippen molar-refractivity contribution in [1.82, 2.24) is 9.13 Å². The quantitative estimate of drug-likeness (QED) is 0.411. The predicted octanol–water partition coefficient (Wildman–Crippen LogP) is 3.47. The fourth-order valence-corrected chi connectivity index (χ4v) is 3.64. The molecular formula is C25H23N5O4. The number of carbonyl (C=O) groups is 2. The van der Waals surface area contributed by atoms with E-state index < -0.39 is 17.6 Å². The number of anilines is 3. The van der Waals surface area contributed by atoms with Crippen LogP contribution in [0.3, 0.4) is 0 Å². The second kappa shape index (κ2) is 9.86. The van der Waals surface area contributed by atoms with E-state index in [2.05, 4.69) is 16.0 Å². The molecule has 9 heteroatoms. The second-order valence-electron chi connectivity index (χ2n) is 7.51. The number of rotatable bonds is 6. The summed E-state index contributed by atoms with van der Waals surface area (Å²) in [5, 5.41) is 8.54. The third-order valence-electron chi connectivity index (χ3n) is 5.19. The van der Waals surface area contributed by atoms with Gasteiger partial charge in [-0.25, -0.2) is 9.59 Å². The number of aromatic nitrogens is 2. The number of fused-ring (bicyclic) bond motifs is 1. The van der Waals surface area contributed by atoms with Gasteiger partial charge in [0, 0.05) is 23.6 Å². The standard InChI is InChI=1S/C25H23N5O4/c1-2-29-23(32)20-13-6-7-14-21(20)30(25(29)34)16-22(31)26-18-11-8-12-19(15-18)28-24(33)27-17-9-4-3-5-10-17/h3-15H,2,16H2,1H3,(H,26,31)(H2,27,28,33). The van der Waals surface area contributed by atoms with Crippen molar-refractivity contribution in [2.75, 3.05) is 16.0 Å². The molecule has 0 unspecified atom stereocenters. The first-order chi connectivity index (χ1) is 16.5. The van der Waals surface area contributed by atoms with Crippen LogP contribution in [0.25, 0.3) is 10.9 Å². The van der Waals surface area contributed by atoms with Gasteiger partial charge in [0.1, 0.15) is 6.54 Å². The van der Waals surface area contributed by atoms with Crippen LogP contribution in [-0.4, -0.2) is 21.1 Å². The number of hydrogen-bond acceptors (Lipinski definition) is 4. The molecule has 3 amide bonds. The highest BCUT2D eigenvalue weighted by Crippen LogP contribution is 2.16. The minimum Gasteiger partial charge on any atom is -0.324 e. The summed E-state index contributed by atoms with van der Waals surface area (Å²) in [6, 6.07) is 21.9. The molecule has 1 heterocycles. The number of para-hydroxylation sites is 2. The molecule has 9 nitrogen and oxygen atoms in total. The van der Waals surface area contributed by atoms with Crippen molar-refractivity contribution < 1.29 is 9.59 Å². The molecule has 1 aromatic heterocycles. The van der Waals surface area contributed by atoms with Crippen LogP contribution in [0, 0.1) is 0 Å². The van der Waals surface area contributed by atoms with Crippen LogP contribution in [-0.2, 0) is 17.9 Å². The largest absolute Gasteiger partial charge is 0.331 e. The molecule has 4 aromatic rings. The third-order valence-corrected chi connectivity index (χ3v) is 5.19. The zero-order valence-corrected chi connectivity index (χ0v) is 18.4. The Bertz CT molecular complexity index is 1470. The average Bonchev–Trinajstić information content (AvgIpc) is 2.83. The van der Waals surface area contributed by atoms with Crippen molar-refractivity contribution in [3.63, 3.8) is 0 Å². The number of hydrogen-bond donors (Lipinski definition) is 3. The first-order valence-corrected chi connectivity index (χ1v) is 10.7. The normalized spacial score (nSPS) is 10.6. The van der Waals surface area contributed by atoms with Crippen LogP contribution in [0.15, 0.2) is 88.5 Å². The summed E-state index contributed by atoms with van der Waals surface area (Å²) in [5.74, 6) is -0.445. The van der Waals surface area contributed by atoms with Gasteiger partial charge in [-0.1, -0.05) is 36.4 Å². The Labute approximate surface area is 194 Å². The summed E-state index contributed by atoms with van der Waals surface area (Å²) in [6.07, 6.45) is 0. The molecule has 4 rings (SSSR count). The van der Waals surface area contributed by atoms with Crippen molar-refractivity contribution in [2.24, 2.45) is 0 Å². The van der Waals surface area contributed by atoms with Crippen molar-refractivity contribution in [2.45, 2.75) is 20.0 Å². The van der Waals surface area contributed by atoms with E-state index in [1.165, 1.54) is 4.57 Å². The van der Waals surface area contributed by atoms with Crippen molar-refractivity contribution >= 4 is 39.9 Å². The fourth-order valence-electron chi connectivity index (χ4n) is 3.64. The molecule has 0 saturated heterocycles. The van der Waals surface area contributed by atoms with Crippen molar-refractivity contribution in [1.29, 1.82) is 0 Å². The Hall–Kier alpha value is -4.66. The first kappa shape index (κ1) is 22.5. The molecule has 0 radical (unpaired) electrons. The minimum absolute atomic E-state index is 0.197. The first-order valence-electron chi connectivity index (χ1n) is 10.7. The zero-order valence-electron chi connectivity index (χ0n) is 18.4. The van der Waals surface area contributed by atoms with Gasteiger partial charge in [-0.3, -0.25) is 18.7 Å². The number of carbonyl (C=O) groups excluding carboxylic acids is 2. The SMILES string of the molecule is CCn1c(=O)c2ccccc2n(CC(=O)Nc2cccc(NC(=O)Nc3ccccc3)c2)c1=O.